The van der Waals surface area contributed by atoms with Crippen molar-refractivity contribution in [2.45, 2.75) is 45.4 Å². The first kappa shape index (κ1) is 15.4. The van der Waals surface area contributed by atoms with Gasteiger partial charge in [0.05, 0.1) is 6.54 Å². The highest BCUT2D eigenvalue weighted by Gasteiger charge is 2.23. The van der Waals surface area contributed by atoms with Crippen molar-refractivity contribution in [3.8, 4) is 0 Å². The fourth-order valence-corrected chi connectivity index (χ4v) is 2.63. The fourth-order valence-electron chi connectivity index (χ4n) is 2.63. The van der Waals surface area contributed by atoms with Crippen molar-refractivity contribution in [3.63, 3.8) is 0 Å². The molecule has 1 fully saturated rings. The Morgan fingerprint density at radius 2 is 2.00 bits per heavy atom. The van der Waals surface area contributed by atoms with E-state index in [0.717, 1.165) is 32.4 Å². The number of nitrogens with one attached hydrogen (secondary N) is 2. The van der Waals surface area contributed by atoms with E-state index in [9.17, 15) is 9.90 Å². The lowest BCUT2D eigenvalue weighted by molar-refractivity contribution is -0.120. The van der Waals surface area contributed by atoms with E-state index in [2.05, 4.69) is 17.6 Å². The predicted molar refractivity (Wildman–Crippen MR) is 73.3 cm³/mol. The number of hydrogen-bond acceptors (Lipinski definition) is 3. The van der Waals surface area contributed by atoms with Gasteiger partial charge in [-0.25, -0.2) is 0 Å². The Hall–Kier alpha value is -0.610. The number of aliphatic hydroxyl groups excluding tert-OH is 1. The number of rotatable bonds is 8. The molecule has 2 unspecified atom stereocenters. The van der Waals surface area contributed by atoms with Crippen LogP contribution in [-0.4, -0.2) is 37.3 Å². The summed E-state index contributed by atoms with van der Waals surface area (Å²) in [5.41, 5.74) is 0. The van der Waals surface area contributed by atoms with Crippen molar-refractivity contribution in [1.82, 2.24) is 10.6 Å². The number of aliphatic hydroxyl groups is 1. The van der Waals surface area contributed by atoms with Crippen LogP contribution in [0.15, 0.2) is 0 Å². The predicted octanol–water partition coefficient (Wildman–Crippen LogP) is 1.29. The lowest BCUT2D eigenvalue weighted by Gasteiger charge is -2.30. The molecular formula is C14H28N2O2. The second-order valence-electron chi connectivity index (χ2n) is 5.32. The Labute approximate surface area is 111 Å². The van der Waals surface area contributed by atoms with Crippen LogP contribution in [0, 0.1) is 11.8 Å². The number of carbonyl (C=O) groups is 1. The average molecular weight is 256 g/mol. The van der Waals surface area contributed by atoms with Gasteiger partial charge in [0.25, 0.3) is 0 Å². The highest BCUT2D eigenvalue weighted by Crippen LogP contribution is 2.28. The lowest BCUT2D eigenvalue weighted by Crippen LogP contribution is -2.38. The van der Waals surface area contributed by atoms with Crippen molar-refractivity contribution in [2.75, 3.05) is 26.2 Å². The minimum absolute atomic E-state index is 0.0832. The van der Waals surface area contributed by atoms with Gasteiger partial charge in [-0.05, 0) is 37.6 Å². The molecule has 0 radical (unpaired) electrons. The van der Waals surface area contributed by atoms with Gasteiger partial charge in [0.15, 0.2) is 0 Å². The van der Waals surface area contributed by atoms with Crippen LogP contribution in [-0.2, 0) is 4.79 Å². The van der Waals surface area contributed by atoms with Crippen LogP contribution in [0.2, 0.25) is 0 Å². The molecule has 1 amide bonds. The van der Waals surface area contributed by atoms with E-state index in [4.69, 9.17) is 0 Å². The number of amides is 1. The van der Waals surface area contributed by atoms with Crippen LogP contribution in [0.4, 0.5) is 0 Å². The first-order valence-electron chi connectivity index (χ1n) is 7.36. The number of hydrogen-bond donors (Lipinski definition) is 3. The maximum absolute atomic E-state index is 11.5. The first-order valence-corrected chi connectivity index (χ1v) is 7.36. The van der Waals surface area contributed by atoms with Gasteiger partial charge < -0.3 is 15.7 Å². The quantitative estimate of drug-likeness (QED) is 0.574. The van der Waals surface area contributed by atoms with Crippen LogP contribution in [0.5, 0.6) is 0 Å². The smallest absolute Gasteiger partial charge is 0.233 e. The summed E-state index contributed by atoms with van der Waals surface area (Å²) in [6, 6.07) is 0. The highest BCUT2D eigenvalue weighted by atomic mass is 16.3. The van der Waals surface area contributed by atoms with E-state index >= 15 is 0 Å². The van der Waals surface area contributed by atoms with E-state index in [0.29, 0.717) is 18.4 Å². The van der Waals surface area contributed by atoms with E-state index in [-0.39, 0.29) is 12.5 Å². The summed E-state index contributed by atoms with van der Waals surface area (Å²) < 4.78 is 0. The van der Waals surface area contributed by atoms with Crippen molar-refractivity contribution in [2.24, 2.45) is 11.8 Å². The van der Waals surface area contributed by atoms with Gasteiger partial charge in [0.1, 0.15) is 0 Å². The first-order chi connectivity index (χ1) is 8.77. The molecule has 2 atom stereocenters. The molecule has 0 aromatic heterocycles. The van der Waals surface area contributed by atoms with Crippen LogP contribution < -0.4 is 10.6 Å². The number of unbranched alkanes of at least 4 members (excludes halogenated alkanes) is 1. The molecule has 3 N–H and O–H groups in total. The van der Waals surface area contributed by atoms with E-state index in [1.54, 1.807) is 0 Å². The summed E-state index contributed by atoms with van der Waals surface area (Å²) >= 11 is 0. The molecule has 1 rings (SSSR count). The molecule has 0 aromatic carbocycles. The van der Waals surface area contributed by atoms with Gasteiger partial charge in [-0.1, -0.05) is 26.2 Å². The largest absolute Gasteiger partial charge is 0.396 e. The zero-order valence-electron chi connectivity index (χ0n) is 11.6. The summed E-state index contributed by atoms with van der Waals surface area (Å²) in [6.07, 6.45) is 6.95. The molecule has 0 saturated heterocycles. The summed E-state index contributed by atoms with van der Waals surface area (Å²) in [7, 11) is 0. The Kier molecular flexibility index (Phi) is 8.01. The van der Waals surface area contributed by atoms with Gasteiger partial charge in [-0.2, -0.15) is 0 Å². The van der Waals surface area contributed by atoms with Gasteiger partial charge in [0.2, 0.25) is 5.91 Å². The molecule has 1 saturated carbocycles. The van der Waals surface area contributed by atoms with Gasteiger partial charge in [-0.15, -0.1) is 0 Å². The summed E-state index contributed by atoms with van der Waals surface area (Å²) in [5.74, 6) is 1.04. The molecule has 4 heteroatoms. The third kappa shape index (κ3) is 5.83. The van der Waals surface area contributed by atoms with Crippen molar-refractivity contribution in [1.29, 1.82) is 0 Å². The van der Waals surface area contributed by atoms with Gasteiger partial charge >= 0.3 is 0 Å². The topological polar surface area (TPSA) is 61.4 Å². The monoisotopic (exact) mass is 256 g/mol. The average Bonchev–Trinajstić information content (AvgIpc) is 2.39. The second-order valence-corrected chi connectivity index (χ2v) is 5.32. The molecule has 1 aliphatic rings. The summed E-state index contributed by atoms with van der Waals surface area (Å²) in [4.78, 5) is 11.5. The van der Waals surface area contributed by atoms with Gasteiger partial charge in [0, 0.05) is 13.2 Å². The molecular weight excluding hydrogens is 228 g/mol. The standard InChI is InChI=1S/C14H28N2O2/c1-2-3-8-16-14(18)10-15-9-12-6-4-5-7-13(12)11-17/h12-13,15,17H,2-11H2,1H3,(H,16,18). The zero-order valence-corrected chi connectivity index (χ0v) is 11.6. The zero-order chi connectivity index (χ0) is 13.2. The van der Waals surface area contributed by atoms with Crippen molar-refractivity contribution >= 4 is 5.91 Å². The minimum atomic E-state index is 0.0832. The third-order valence-corrected chi connectivity index (χ3v) is 3.85. The van der Waals surface area contributed by atoms with Crippen LogP contribution in [0.3, 0.4) is 0 Å². The maximum Gasteiger partial charge on any atom is 0.233 e. The van der Waals surface area contributed by atoms with Crippen LogP contribution in [0.1, 0.15) is 45.4 Å². The molecule has 0 spiro atoms. The van der Waals surface area contributed by atoms with Gasteiger partial charge in [-0.3, -0.25) is 4.79 Å². The number of carbonyl (C=O) groups excluding carboxylic acids is 1. The molecule has 0 aromatic rings. The molecule has 0 heterocycles. The SMILES string of the molecule is CCCCNC(=O)CNCC1CCCCC1CO. The van der Waals surface area contributed by atoms with E-state index in [1.807, 2.05) is 0 Å². The van der Waals surface area contributed by atoms with Crippen LogP contribution in [0.25, 0.3) is 0 Å². The minimum Gasteiger partial charge on any atom is -0.396 e. The molecule has 4 nitrogen and oxygen atoms in total. The molecule has 18 heavy (non-hydrogen) atoms. The molecule has 0 bridgehead atoms. The van der Waals surface area contributed by atoms with Crippen molar-refractivity contribution < 1.29 is 9.90 Å². The highest BCUT2D eigenvalue weighted by molar-refractivity contribution is 5.77. The molecule has 106 valence electrons. The Morgan fingerprint density at radius 3 is 2.67 bits per heavy atom. The van der Waals surface area contributed by atoms with E-state index < -0.39 is 0 Å². The fraction of sp³-hybridized carbons (Fsp3) is 0.929. The Bertz CT molecular complexity index is 234. The molecule has 1 aliphatic carbocycles. The third-order valence-electron chi connectivity index (χ3n) is 3.85. The normalized spacial score (nSPS) is 23.9. The lowest BCUT2D eigenvalue weighted by atomic mass is 9.79. The summed E-state index contributed by atoms with van der Waals surface area (Å²) in [5, 5.41) is 15.4. The summed E-state index contributed by atoms with van der Waals surface area (Å²) in [6.45, 7) is 4.43. The Balaban J connectivity index is 2.10. The van der Waals surface area contributed by atoms with Crippen LogP contribution >= 0.6 is 0 Å². The maximum atomic E-state index is 11.5. The Morgan fingerprint density at radius 1 is 1.28 bits per heavy atom. The second kappa shape index (κ2) is 9.34. The van der Waals surface area contributed by atoms with Crippen molar-refractivity contribution in [3.05, 3.63) is 0 Å². The van der Waals surface area contributed by atoms with E-state index in [1.165, 1.54) is 19.3 Å². The molecule has 0 aliphatic heterocycles.